The summed E-state index contributed by atoms with van der Waals surface area (Å²) in [5.41, 5.74) is -0.237. The third kappa shape index (κ3) is 4.92. The number of nitrogens with zero attached hydrogens (tertiary/aromatic N) is 1. The number of nitro benzene ring substituents is 1. The maximum absolute atomic E-state index is 12.0. The van der Waals surface area contributed by atoms with Crippen molar-refractivity contribution < 1.29 is 19.2 Å². The van der Waals surface area contributed by atoms with E-state index in [1.165, 1.54) is 6.07 Å². The van der Waals surface area contributed by atoms with Gasteiger partial charge in [-0.15, -0.1) is 0 Å². The second-order valence-electron chi connectivity index (χ2n) is 6.44. The van der Waals surface area contributed by atoms with Crippen molar-refractivity contribution in [2.24, 2.45) is 11.8 Å². The topological polar surface area (TPSA) is 98.5 Å². The number of esters is 1. The van der Waals surface area contributed by atoms with Gasteiger partial charge in [0.15, 0.2) is 6.61 Å². The van der Waals surface area contributed by atoms with E-state index in [0.29, 0.717) is 11.8 Å². The molecule has 0 radical (unpaired) electrons. The van der Waals surface area contributed by atoms with Crippen molar-refractivity contribution in [2.45, 2.75) is 39.2 Å². The fourth-order valence-electron chi connectivity index (χ4n) is 3.03. The molecule has 1 N–H and O–H groups in total. The summed E-state index contributed by atoms with van der Waals surface area (Å²) in [4.78, 5) is 34.1. The van der Waals surface area contributed by atoms with Crippen molar-refractivity contribution in [3.63, 3.8) is 0 Å². The molecule has 1 aliphatic rings. The molecule has 1 aromatic rings. The van der Waals surface area contributed by atoms with Crippen molar-refractivity contribution in [1.82, 2.24) is 5.32 Å². The first-order chi connectivity index (χ1) is 11.8. The highest BCUT2D eigenvalue weighted by Gasteiger charge is 2.28. The fourth-order valence-corrected chi connectivity index (χ4v) is 3.28. The molecule has 1 fully saturated rings. The van der Waals surface area contributed by atoms with Gasteiger partial charge in [-0.1, -0.05) is 38.3 Å². The highest BCUT2D eigenvalue weighted by atomic mass is 35.5. The summed E-state index contributed by atoms with van der Waals surface area (Å²) in [7, 11) is 0. The second-order valence-corrected chi connectivity index (χ2v) is 6.85. The average Bonchev–Trinajstić information content (AvgIpc) is 2.56. The number of rotatable bonds is 5. The number of nitrogens with one attached hydrogen (secondary N) is 1. The van der Waals surface area contributed by atoms with E-state index in [0.717, 1.165) is 31.4 Å². The van der Waals surface area contributed by atoms with Crippen molar-refractivity contribution in [3.8, 4) is 0 Å². The zero-order valence-corrected chi connectivity index (χ0v) is 14.9. The summed E-state index contributed by atoms with van der Waals surface area (Å²) in [5, 5.41) is 13.5. The number of ether oxygens (including phenoxy) is 1. The number of carbonyl (C=O) groups excluding carboxylic acids is 2. The zero-order valence-electron chi connectivity index (χ0n) is 14.2. The lowest BCUT2D eigenvalue weighted by Gasteiger charge is -2.34. The van der Waals surface area contributed by atoms with Crippen LogP contribution in [0.15, 0.2) is 18.2 Å². The molecule has 0 bridgehead atoms. The number of benzene rings is 1. The van der Waals surface area contributed by atoms with Gasteiger partial charge in [0.2, 0.25) is 0 Å². The van der Waals surface area contributed by atoms with E-state index < -0.39 is 17.5 Å². The predicted octanol–water partition coefficient (Wildman–Crippen LogP) is 3.35. The standard InChI is InChI=1S/C17H21ClN2O5/c1-10-4-3-5-15(11(10)2)19-16(21)9-25-17(22)13-7-6-12(20(23)24)8-14(13)18/h6-8,10-11,15H,3-5,9H2,1-2H3,(H,19,21)/t10-,11-,15-/m1/s1. The smallest absolute Gasteiger partial charge is 0.340 e. The van der Waals surface area contributed by atoms with Gasteiger partial charge in [-0.05, 0) is 24.3 Å². The summed E-state index contributed by atoms with van der Waals surface area (Å²) >= 11 is 5.87. The van der Waals surface area contributed by atoms with Gasteiger partial charge in [-0.25, -0.2) is 4.79 Å². The molecule has 0 spiro atoms. The lowest BCUT2D eigenvalue weighted by molar-refractivity contribution is -0.384. The normalized spacial score (nSPS) is 22.9. The summed E-state index contributed by atoms with van der Waals surface area (Å²) in [5.74, 6) is -0.240. The molecule has 2 rings (SSSR count). The quantitative estimate of drug-likeness (QED) is 0.488. The monoisotopic (exact) mass is 368 g/mol. The lowest BCUT2D eigenvalue weighted by atomic mass is 9.78. The van der Waals surface area contributed by atoms with Crippen LogP contribution in [0.1, 0.15) is 43.5 Å². The first-order valence-electron chi connectivity index (χ1n) is 8.20. The van der Waals surface area contributed by atoms with E-state index >= 15 is 0 Å². The van der Waals surface area contributed by atoms with E-state index in [-0.39, 0.29) is 28.2 Å². The van der Waals surface area contributed by atoms with Crippen LogP contribution in [0.2, 0.25) is 5.02 Å². The average molecular weight is 369 g/mol. The van der Waals surface area contributed by atoms with Crippen LogP contribution in [0.25, 0.3) is 0 Å². The molecular weight excluding hydrogens is 348 g/mol. The summed E-state index contributed by atoms with van der Waals surface area (Å²) in [6, 6.07) is 3.53. The van der Waals surface area contributed by atoms with Crippen LogP contribution in [0.5, 0.6) is 0 Å². The molecule has 1 aliphatic carbocycles. The third-order valence-electron chi connectivity index (χ3n) is 4.77. The number of non-ortho nitro benzene ring substituents is 1. The van der Waals surface area contributed by atoms with Crippen LogP contribution in [-0.4, -0.2) is 29.4 Å². The largest absolute Gasteiger partial charge is 0.452 e. The highest BCUT2D eigenvalue weighted by Crippen LogP contribution is 2.29. The third-order valence-corrected chi connectivity index (χ3v) is 5.08. The van der Waals surface area contributed by atoms with Crippen LogP contribution in [0.3, 0.4) is 0 Å². The van der Waals surface area contributed by atoms with E-state index in [1.807, 2.05) is 0 Å². The summed E-state index contributed by atoms with van der Waals surface area (Å²) < 4.78 is 4.97. The Bertz CT molecular complexity index is 679. The van der Waals surface area contributed by atoms with E-state index in [1.54, 1.807) is 0 Å². The van der Waals surface area contributed by atoms with Crippen LogP contribution in [0.4, 0.5) is 5.69 Å². The molecule has 0 aliphatic heterocycles. The Kier molecular flexibility index (Phi) is 6.36. The molecule has 0 unspecified atom stereocenters. The number of hydrogen-bond donors (Lipinski definition) is 1. The molecule has 1 saturated carbocycles. The molecule has 0 saturated heterocycles. The van der Waals surface area contributed by atoms with Gasteiger partial charge in [0.25, 0.3) is 11.6 Å². The molecule has 0 aromatic heterocycles. The van der Waals surface area contributed by atoms with Crippen LogP contribution < -0.4 is 5.32 Å². The molecule has 136 valence electrons. The molecule has 8 heteroatoms. The number of nitro groups is 1. The Morgan fingerprint density at radius 2 is 2.08 bits per heavy atom. The van der Waals surface area contributed by atoms with Gasteiger partial charge < -0.3 is 10.1 Å². The van der Waals surface area contributed by atoms with Gasteiger partial charge in [-0.3, -0.25) is 14.9 Å². The minimum atomic E-state index is -0.792. The van der Waals surface area contributed by atoms with Crippen molar-refractivity contribution in [1.29, 1.82) is 0 Å². The fraction of sp³-hybridized carbons (Fsp3) is 0.529. The molecule has 1 amide bonds. The van der Waals surface area contributed by atoms with E-state index in [2.05, 4.69) is 19.2 Å². The van der Waals surface area contributed by atoms with Gasteiger partial charge in [0.1, 0.15) is 0 Å². The molecule has 0 heterocycles. The van der Waals surface area contributed by atoms with Gasteiger partial charge in [-0.2, -0.15) is 0 Å². The summed E-state index contributed by atoms with van der Waals surface area (Å²) in [6.45, 7) is 3.86. The first kappa shape index (κ1) is 19.2. The number of hydrogen-bond acceptors (Lipinski definition) is 5. The van der Waals surface area contributed by atoms with E-state index in [4.69, 9.17) is 16.3 Å². The highest BCUT2D eigenvalue weighted by molar-refractivity contribution is 6.33. The van der Waals surface area contributed by atoms with Crippen molar-refractivity contribution in [3.05, 3.63) is 38.9 Å². The number of carbonyl (C=O) groups is 2. The zero-order chi connectivity index (χ0) is 18.6. The molecule has 3 atom stereocenters. The number of amides is 1. The predicted molar refractivity (Wildman–Crippen MR) is 92.5 cm³/mol. The van der Waals surface area contributed by atoms with Crippen molar-refractivity contribution >= 4 is 29.2 Å². The second kappa shape index (κ2) is 8.29. The van der Waals surface area contributed by atoms with Crippen LogP contribution in [-0.2, 0) is 9.53 Å². The first-order valence-corrected chi connectivity index (χ1v) is 8.57. The Balaban J connectivity index is 1.89. The Hall–Kier alpha value is -2.15. The van der Waals surface area contributed by atoms with Crippen LogP contribution in [0, 0.1) is 22.0 Å². The van der Waals surface area contributed by atoms with Gasteiger partial charge in [0.05, 0.1) is 15.5 Å². The molecule has 7 nitrogen and oxygen atoms in total. The van der Waals surface area contributed by atoms with Crippen molar-refractivity contribution in [2.75, 3.05) is 6.61 Å². The molecular formula is C17H21ClN2O5. The molecule has 25 heavy (non-hydrogen) atoms. The van der Waals surface area contributed by atoms with E-state index in [9.17, 15) is 19.7 Å². The van der Waals surface area contributed by atoms with Crippen LogP contribution >= 0.6 is 11.6 Å². The SMILES string of the molecule is C[C@@H]1[C@H](C)CCC[C@H]1NC(=O)COC(=O)c1ccc([N+](=O)[O-])cc1Cl. The Morgan fingerprint density at radius 1 is 1.36 bits per heavy atom. The minimum Gasteiger partial charge on any atom is -0.452 e. The molecule has 1 aromatic carbocycles. The maximum atomic E-state index is 12.0. The maximum Gasteiger partial charge on any atom is 0.340 e. The minimum absolute atomic E-state index is 0.0141. The number of halogens is 1. The lowest BCUT2D eigenvalue weighted by Crippen LogP contribution is -2.45. The summed E-state index contributed by atoms with van der Waals surface area (Å²) in [6.07, 6.45) is 3.13. The van der Waals surface area contributed by atoms with Gasteiger partial charge >= 0.3 is 5.97 Å². The Morgan fingerprint density at radius 3 is 2.72 bits per heavy atom. The van der Waals surface area contributed by atoms with Gasteiger partial charge in [0, 0.05) is 18.2 Å². The Labute approximate surface area is 150 Å².